The number of hydrogen-bond donors (Lipinski definition) is 1. The van der Waals surface area contributed by atoms with Gasteiger partial charge in [0.15, 0.2) is 0 Å². The number of fused-ring (bicyclic) bond motifs is 1. The molecule has 1 aliphatic heterocycles. The molecule has 0 atom stereocenters. The zero-order valence-electron chi connectivity index (χ0n) is 16.8. The maximum Gasteiger partial charge on any atom is 0.147 e. The second-order valence-corrected chi connectivity index (χ2v) is 9.59. The number of aliphatic hydroxyl groups excluding tert-OH is 1. The third-order valence-corrected chi connectivity index (χ3v) is 7.03. The molecule has 1 aliphatic rings. The quantitative estimate of drug-likeness (QED) is 0.467. The van der Waals surface area contributed by atoms with Gasteiger partial charge in [-0.25, -0.2) is 4.98 Å². The Balaban J connectivity index is 1.94. The van der Waals surface area contributed by atoms with E-state index < -0.39 is 0 Å². The number of aryl methyl sites for hydroxylation is 2. The van der Waals surface area contributed by atoms with Crippen LogP contribution in [0.1, 0.15) is 29.8 Å². The highest BCUT2D eigenvalue weighted by atomic mass is 79.9. The molecule has 0 radical (unpaired) electrons. The normalized spacial score (nSPS) is 15.5. The summed E-state index contributed by atoms with van der Waals surface area (Å²) in [7, 11) is 0. The predicted molar refractivity (Wildman–Crippen MR) is 125 cm³/mol. The first-order chi connectivity index (χ1) is 13.8. The minimum Gasteiger partial charge on any atom is -0.396 e. The summed E-state index contributed by atoms with van der Waals surface area (Å²) in [5.74, 6) is 0.400. The molecule has 29 heavy (non-hydrogen) atoms. The van der Waals surface area contributed by atoms with E-state index in [2.05, 4.69) is 45.3 Å². The molecule has 7 heteroatoms. The van der Waals surface area contributed by atoms with Gasteiger partial charge in [0.2, 0.25) is 0 Å². The first-order valence-corrected chi connectivity index (χ1v) is 11.4. The van der Waals surface area contributed by atoms with E-state index in [0.717, 1.165) is 58.5 Å². The van der Waals surface area contributed by atoms with Gasteiger partial charge in [0.05, 0.1) is 15.7 Å². The summed E-state index contributed by atoms with van der Waals surface area (Å²) in [6, 6.07) is 5.89. The Labute approximate surface area is 189 Å². The van der Waals surface area contributed by atoms with Gasteiger partial charge in [-0.2, -0.15) is 0 Å². The van der Waals surface area contributed by atoms with Crippen molar-refractivity contribution in [2.45, 2.75) is 33.6 Å². The molecule has 1 N–H and O–H groups in total. The Kier molecular flexibility index (Phi) is 5.86. The van der Waals surface area contributed by atoms with Crippen molar-refractivity contribution in [1.82, 2.24) is 9.55 Å². The van der Waals surface area contributed by atoms with Crippen LogP contribution in [0.5, 0.6) is 0 Å². The van der Waals surface area contributed by atoms with Gasteiger partial charge in [-0.05, 0) is 63.3 Å². The van der Waals surface area contributed by atoms with Crippen molar-refractivity contribution in [3.05, 3.63) is 49.7 Å². The molecule has 0 aliphatic carbocycles. The van der Waals surface area contributed by atoms with Crippen LogP contribution in [0.25, 0.3) is 16.7 Å². The molecule has 154 valence electrons. The fraction of sp³-hybridized carbons (Fsp3) is 0.409. The van der Waals surface area contributed by atoms with Crippen LogP contribution >= 0.6 is 39.1 Å². The van der Waals surface area contributed by atoms with Crippen LogP contribution < -0.4 is 4.90 Å². The predicted octanol–water partition coefficient (Wildman–Crippen LogP) is 6.23. The summed E-state index contributed by atoms with van der Waals surface area (Å²) < 4.78 is 2.93. The van der Waals surface area contributed by atoms with Crippen LogP contribution in [0.15, 0.2) is 22.7 Å². The van der Waals surface area contributed by atoms with Crippen molar-refractivity contribution in [2.24, 2.45) is 5.92 Å². The number of aromatic nitrogens is 2. The molecule has 0 bridgehead atoms. The van der Waals surface area contributed by atoms with Crippen molar-refractivity contribution < 1.29 is 5.11 Å². The average molecular weight is 497 g/mol. The molecular weight excluding hydrogens is 473 g/mol. The van der Waals surface area contributed by atoms with Crippen LogP contribution in [0, 0.1) is 26.7 Å². The lowest BCUT2D eigenvalue weighted by atomic mass is 9.97. The van der Waals surface area contributed by atoms with Crippen molar-refractivity contribution >= 4 is 55.9 Å². The minimum absolute atomic E-state index is 0.272. The SMILES string of the molecule is Cc1cc(N2CCC(CO)CC2)c2c(C)c(C)n(-c3c(Cl)cc(Br)cc3Cl)c2n1. The van der Waals surface area contributed by atoms with Gasteiger partial charge >= 0.3 is 0 Å². The molecule has 3 aromatic rings. The van der Waals surface area contributed by atoms with Crippen molar-refractivity contribution in [3.8, 4) is 5.69 Å². The number of halogens is 3. The molecule has 0 unspecified atom stereocenters. The van der Waals surface area contributed by atoms with Crippen molar-refractivity contribution in [2.75, 3.05) is 24.6 Å². The number of anilines is 1. The van der Waals surface area contributed by atoms with E-state index in [1.807, 2.05) is 19.1 Å². The Morgan fingerprint density at radius 1 is 1.10 bits per heavy atom. The molecule has 3 heterocycles. The zero-order chi connectivity index (χ0) is 20.9. The van der Waals surface area contributed by atoms with Crippen molar-refractivity contribution in [3.63, 3.8) is 0 Å². The largest absolute Gasteiger partial charge is 0.396 e. The molecule has 1 fully saturated rings. The summed E-state index contributed by atoms with van der Waals surface area (Å²) in [6.07, 6.45) is 2.00. The monoisotopic (exact) mass is 495 g/mol. The lowest BCUT2D eigenvalue weighted by Gasteiger charge is -2.33. The van der Waals surface area contributed by atoms with Crippen molar-refractivity contribution in [1.29, 1.82) is 0 Å². The number of nitrogens with zero attached hydrogens (tertiary/aromatic N) is 3. The lowest BCUT2D eigenvalue weighted by molar-refractivity contribution is 0.203. The molecule has 0 amide bonds. The number of pyridine rings is 1. The molecule has 4 nitrogen and oxygen atoms in total. The van der Waals surface area contributed by atoms with E-state index in [1.165, 1.54) is 11.3 Å². The summed E-state index contributed by atoms with van der Waals surface area (Å²) in [4.78, 5) is 7.31. The number of benzene rings is 1. The van der Waals surface area contributed by atoms with Gasteiger partial charge in [0.1, 0.15) is 5.65 Å². The van der Waals surface area contributed by atoms with Gasteiger partial charge in [0.25, 0.3) is 0 Å². The Morgan fingerprint density at radius 2 is 1.72 bits per heavy atom. The number of piperidine rings is 1. The molecule has 1 aromatic carbocycles. The Hall–Kier alpha value is -1.27. The second kappa shape index (κ2) is 8.10. The van der Waals surface area contributed by atoms with Gasteiger partial charge in [-0.15, -0.1) is 0 Å². The molecule has 0 spiro atoms. The highest BCUT2D eigenvalue weighted by molar-refractivity contribution is 9.10. The van der Waals surface area contributed by atoms with Crippen LogP contribution in [-0.2, 0) is 0 Å². The average Bonchev–Trinajstić information content (AvgIpc) is 2.92. The first kappa shape index (κ1) is 21.0. The molecular formula is C22H24BrCl2N3O. The number of rotatable bonds is 3. The summed E-state index contributed by atoms with van der Waals surface area (Å²) in [6.45, 7) is 8.39. The van der Waals surface area contributed by atoms with Gasteiger partial charge in [-0.1, -0.05) is 39.1 Å². The minimum atomic E-state index is 0.272. The molecule has 1 saturated heterocycles. The van der Waals surface area contributed by atoms with Gasteiger partial charge in [-0.3, -0.25) is 4.57 Å². The van der Waals surface area contributed by atoms with E-state index in [4.69, 9.17) is 28.2 Å². The van der Waals surface area contributed by atoms with E-state index in [0.29, 0.717) is 16.0 Å². The fourth-order valence-corrected chi connectivity index (χ4v) is 5.67. The maximum absolute atomic E-state index is 9.48. The molecule has 2 aromatic heterocycles. The van der Waals surface area contributed by atoms with Crippen LogP contribution in [0.2, 0.25) is 10.0 Å². The second-order valence-electron chi connectivity index (χ2n) is 7.86. The third kappa shape index (κ3) is 3.67. The van der Waals surface area contributed by atoms with Crippen LogP contribution in [-0.4, -0.2) is 34.4 Å². The topological polar surface area (TPSA) is 41.3 Å². The van der Waals surface area contributed by atoms with E-state index in [-0.39, 0.29) is 6.61 Å². The van der Waals surface area contributed by atoms with E-state index in [9.17, 15) is 5.11 Å². The summed E-state index contributed by atoms with van der Waals surface area (Å²) in [5.41, 5.74) is 6.06. The van der Waals surface area contributed by atoms with Crippen LogP contribution in [0.4, 0.5) is 5.69 Å². The fourth-order valence-electron chi connectivity index (χ4n) is 4.30. The zero-order valence-corrected chi connectivity index (χ0v) is 19.9. The van der Waals surface area contributed by atoms with Gasteiger partial charge < -0.3 is 10.0 Å². The van der Waals surface area contributed by atoms with Gasteiger partial charge in [0, 0.05) is 46.6 Å². The van der Waals surface area contributed by atoms with Crippen LogP contribution in [0.3, 0.4) is 0 Å². The summed E-state index contributed by atoms with van der Waals surface area (Å²) in [5, 5.41) is 11.8. The van der Waals surface area contributed by atoms with E-state index in [1.54, 1.807) is 0 Å². The lowest BCUT2D eigenvalue weighted by Crippen LogP contribution is -2.35. The highest BCUT2D eigenvalue weighted by Gasteiger charge is 2.25. The Morgan fingerprint density at radius 3 is 2.31 bits per heavy atom. The first-order valence-electron chi connectivity index (χ1n) is 9.81. The van der Waals surface area contributed by atoms with E-state index >= 15 is 0 Å². The highest BCUT2D eigenvalue weighted by Crippen LogP contribution is 2.40. The standard InChI is InChI=1S/C22H24BrCl2N3O/c1-12-8-19(27-6-4-15(11-29)5-7-27)20-13(2)14(3)28(22(20)26-12)21-17(24)9-16(23)10-18(21)25/h8-10,15,29H,4-7,11H2,1-3H3. The maximum atomic E-state index is 9.48. The smallest absolute Gasteiger partial charge is 0.147 e. The molecule has 4 rings (SSSR count). The number of hydrogen-bond acceptors (Lipinski definition) is 3. The molecule has 0 saturated carbocycles. The summed E-state index contributed by atoms with van der Waals surface area (Å²) >= 11 is 16.7. The Bertz CT molecular complexity index is 1060. The third-order valence-electron chi connectivity index (χ3n) is 5.99. The number of aliphatic hydroxyl groups is 1.